The molecule has 1 rings (SSSR count). The number of aromatic nitrogens is 3. The van der Waals surface area contributed by atoms with Crippen LogP contribution in [-0.4, -0.2) is 38.6 Å². The Balaban J connectivity index is 2.71. The molecule has 0 saturated heterocycles. The number of carbonyl (C=O) groups excluding carboxylic acids is 1. The van der Waals surface area contributed by atoms with Crippen molar-refractivity contribution in [2.24, 2.45) is 0 Å². The topological polar surface area (TPSA) is 70.7 Å². The quantitative estimate of drug-likeness (QED) is 0.771. The van der Waals surface area contributed by atoms with Gasteiger partial charge in [0.1, 0.15) is 0 Å². The minimum Gasteiger partial charge on any atom is -0.343 e. The number of nitrogens with zero attached hydrogens (tertiary/aromatic N) is 2. The summed E-state index contributed by atoms with van der Waals surface area (Å²) >= 11 is 11.6. The van der Waals surface area contributed by atoms with Crippen LogP contribution < -0.4 is 5.32 Å². The van der Waals surface area contributed by atoms with Crippen molar-refractivity contribution in [3.63, 3.8) is 0 Å². The van der Waals surface area contributed by atoms with E-state index in [-0.39, 0.29) is 23.4 Å². The smallest absolute Gasteiger partial charge is 0.273 e. The van der Waals surface area contributed by atoms with E-state index < -0.39 is 5.54 Å². The highest BCUT2D eigenvalue weighted by Gasteiger charge is 2.29. The molecule has 0 fully saturated rings. The van der Waals surface area contributed by atoms with E-state index in [9.17, 15) is 4.79 Å². The lowest BCUT2D eigenvalue weighted by Crippen LogP contribution is -2.51. The molecular weight excluding hydrogens is 239 g/mol. The molecule has 0 aliphatic heterocycles. The molecule has 2 N–H and O–H groups in total. The van der Waals surface area contributed by atoms with Crippen molar-refractivity contribution in [2.45, 2.75) is 18.9 Å². The third-order valence-electron chi connectivity index (χ3n) is 2.21. The minimum atomic E-state index is -0.584. The van der Waals surface area contributed by atoms with Gasteiger partial charge in [0.25, 0.3) is 5.91 Å². The van der Waals surface area contributed by atoms with Gasteiger partial charge < -0.3 is 5.32 Å². The maximum atomic E-state index is 11.6. The van der Waals surface area contributed by atoms with Crippen LogP contribution in [0.3, 0.4) is 0 Å². The van der Waals surface area contributed by atoms with Gasteiger partial charge in [-0.2, -0.15) is 15.4 Å². The Kier molecular flexibility index (Phi) is 4.35. The Morgan fingerprint density at radius 2 is 2.27 bits per heavy atom. The molecular formula is C8H12Cl2N4O. The molecule has 1 aromatic heterocycles. The van der Waals surface area contributed by atoms with Gasteiger partial charge in [-0.25, -0.2) is 0 Å². The highest BCUT2D eigenvalue weighted by molar-refractivity contribution is 6.22. The highest BCUT2D eigenvalue weighted by atomic mass is 35.5. The highest BCUT2D eigenvalue weighted by Crippen LogP contribution is 2.15. The molecule has 0 spiro atoms. The van der Waals surface area contributed by atoms with Gasteiger partial charge in [0.15, 0.2) is 5.69 Å². The molecule has 0 bridgehead atoms. The fourth-order valence-electron chi connectivity index (χ4n) is 0.996. The van der Waals surface area contributed by atoms with Crippen LogP contribution in [0, 0.1) is 0 Å². The van der Waals surface area contributed by atoms with E-state index in [0.29, 0.717) is 6.42 Å². The Hall–Kier alpha value is -0.810. The summed E-state index contributed by atoms with van der Waals surface area (Å²) in [6.07, 6.45) is 2.00. The molecule has 1 aromatic rings. The zero-order valence-corrected chi connectivity index (χ0v) is 9.77. The molecule has 1 amide bonds. The van der Waals surface area contributed by atoms with Crippen LogP contribution in [0.5, 0.6) is 0 Å². The molecule has 0 atom stereocenters. The number of hydrogen-bond acceptors (Lipinski definition) is 3. The van der Waals surface area contributed by atoms with E-state index in [1.807, 2.05) is 6.92 Å². The summed E-state index contributed by atoms with van der Waals surface area (Å²) in [5.41, 5.74) is -0.359. The molecule has 7 heteroatoms. The van der Waals surface area contributed by atoms with Crippen molar-refractivity contribution < 1.29 is 4.79 Å². The minimum absolute atomic E-state index is 0.225. The lowest BCUT2D eigenvalue weighted by molar-refractivity contribution is 0.0908. The van der Waals surface area contributed by atoms with Crippen LogP contribution in [0.25, 0.3) is 0 Å². The molecule has 0 aromatic carbocycles. The predicted octanol–water partition coefficient (Wildman–Crippen LogP) is 1.16. The molecule has 15 heavy (non-hydrogen) atoms. The van der Waals surface area contributed by atoms with Crippen LogP contribution in [-0.2, 0) is 0 Å². The second kappa shape index (κ2) is 5.32. The number of rotatable bonds is 5. The molecule has 5 nitrogen and oxygen atoms in total. The van der Waals surface area contributed by atoms with E-state index in [4.69, 9.17) is 23.2 Å². The Labute approximate surface area is 97.5 Å². The van der Waals surface area contributed by atoms with E-state index in [0.717, 1.165) is 0 Å². The van der Waals surface area contributed by atoms with Gasteiger partial charge >= 0.3 is 0 Å². The number of alkyl halides is 2. The van der Waals surface area contributed by atoms with Crippen molar-refractivity contribution in [1.29, 1.82) is 0 Å². The van der Waals surface area contributed by atoms with Crippen molar-refractivity contribution >= 4 is 29.1 Å². The largest absolute Gasteiger partial charge is 0.343 e. The van der Waals surface area contributed by atoms with Crippen LogP contribution in [0.4, 0.5) is 0 Å². The standard InChI is InChI=1S/C8H12Cl2N4O/c1-2-8(4-9,5-10)12-7(15)6-3-11-14-13-6/h3H,2,4-5H2,1H3,(H,12,15)(H,11,13,14). The first-order valence-corrected chi connectivity index (χ1v) is 5.54. The van der Waals surface area contributed by atoms with Crippen LogP contribution >= 0.6 is 23.2 Å². The first-order chi connectivity index (χ1) is 7.17. The molecule has 84 valence electrons. The van der Waals surface area contributed by atoms with E-state index >= 15 is 0 Å². The monoisotopic (exact) mass is 250 g/mol. The van der Waals surface area contributed by atoms with Gasteiger partial charge in [0, 0.05) is 11.8 Å². The third-order valence-corrected chi connectivity index (χ3v) is 3.24. The normalized spacial score (nSPS) is 11.4. The van der Waals surface area contributed by atoms with E-state index in [1.165, 1.54) is 6.20 Å². The van der Waals surface area contributed by atoms with Crippen molar-refractivity contribution in [1.82, 2.24) is 20.7 Å². The summed E-state index contributed by atoms with van der Waals surface area (Å²) in [5, 5.41) is 12.3. The van der Waals surface area contributed by atoms with Gasteiger partial charge in [-0.1, -0.05) is 6.92 Å². The Bertz CT molecular complexity index is 302. The summed E-state index contributed by atoms with van der Waals surface area (Å²) < 4.78 is 0. The number of nitrogens with one attached hydrogen (secondary N) is 2. The van der Waals surface area contributed by atoms with Gasteiger partial charge in [-0.05, 0) is 6.42 Å². The molecule has 0 radical (unpaired) electrons. The second-order valence-electron chi connectivity index (χ2n) is 3.21. The zero-order chi connectivity index (χ0) is 11.3. The molecule has 1 heterocycles. The summed E-state index contributed by atoms with van der Waals surface area (Å²) in [5.74, 6) is 0.194. The number of amides is 1. The average Bonchev–Trinajstić information content (AvgIpc) is 2.79. The summed E-state index contributed by atoms with van der Waals surface area (Å²) in [7, 11) is 0. The number of H-pyrrole nitrogens is 1. The first kappa shape index (κ1) is 12.3. The van der Waals surface area contributed by atoms with Crippen molar-refractivity contribution in [2.75, 3.05) is 11.8 Å². The third kappa shape index (κ3) is 2.82. The molecule has 0 aliphatic carbocycles. The number of aromatic amines is 1. The molecule has 0 aliphatic rings. The number of halogens is 2. The molecule has 0 saturated carbocycles. The van der Waals surface area contributed by atoms with E-state index in [1.54, 1.807) is 0 Å². The summed E-state index contributed by atoms with van der Waals surface area (Å²) in [4.78, 5) is 11.6. The Morgan fingerprint density at radius 1 is 1.60 bits per heavy atom. The van der Waals surface area contributed by atoms with Gasteiger partial charge in [-0.15, -0.1) is 23.2 Å². The fraction of sp³-hybridized carbons (Fsp3) is 0.625. The van der Waals surface area contributed by atoms with Crippen molar-refractivity contribution in [3.05, 3.63) is 11.9 Å². The number of carbonyl (C=O) groups is 1. The predicted molar refractivity (Wildman–Crippen MR) is 58.3 cm³/mol. The summed E-state index contributed by atoms with van der Waals surface area (Å²) in [6.45, 7) is 1.91. The second-order valence-corrected chi connectivity index (χ2v) is 3.75. The van der Waals surface area contributed by atoms with Gasteiger partial charge in [0.05, 0.1) is 11.7 Å². The Morgan fingerprint density at radius 3 is 2.67 bits per heavy atom. The SMILES string of the molecule is CCC(CCl)(CCl)NC(=O)c1cn[nH]n1. The van der Waals surface area contributed by atoms with Crippen molar-refractivity contribution in [3.8, 4) is 0 Å². The summed E-state index contributed by atoms with van der Waals surface area (Å²) in [6, 6.07) is 0. The van der Waals surface area contributed by atoms with Crippen LogP contribution in [0.15, 0.2) is 6.20 Å². The van der Waals surface area contributed by atoms with Gasteiger partial charge in [0.2, 0.25) is 0 Å². The maximum absolute atomic E-state index is 11.6. The molecule has 0 unspecified atom stereocenters. The van der Waals surface area contributed by atoms with Crippen LogP contribution in [0.2, 0.25) is 0 Å². The van der Waals surface area contributed by atoms with Gasteiger partial charge in [-0.3, -0.25) is 4.79 Å². The zero-order valence-electron chi connectivity index (χ0n) is 8.26. The first-order valence-electron chi connectivity index (χ1n) is 4.47. The maximum Gasteiger partial charge on any atom is 0.273 e. The number of hydrogen-bond donors (Lipinski definition) is 2. The lowest BCUT2D eigenvalue weighted by atomic mass is 10.0. The lowest BCUT2D eigenvalue weighted by Gasteiger charge is -2.28. The average molecular weight is 251 g/mol. The fourth-order valence-corrected chi connectivity index (χ4v) is 1.79. The van der Waals surface area contributed by atoms with Crippen LogP contribution in [0.1, 0.15) is 23.8 Å². The van der Waals surface area contributed by atoms with E-state index in [2.05, 4.69) is 20.7 Å².